The van der Waals surface area contributed by atoms with Gasteiger partial charge in [-0.1, -0.05) is 18.9 Å². The van der Waals surface area contributed by atoms with Crippen molar-refractivity contribution in [2.24, 2.45) is 5.92 Å². The molecule has 0 atom stereocenters. The van der Waals surface area contributed by atoms with Crippen LogP contribution in [0, 0.1) is 11.7 Å². The van der Waals surface area contributed by atoms with Gasteiger partial charge in [-0.3, -0.25) is 4.79 Å². The fourth-order valence-electron chi connectivity index (χ4n) is 2.17. The minimum atomic E-state index is -0.372. The molecular formula is C14H15FN2OS. The molecule has 0 bridgehead atoms. The molecule has 3 N–H and O–H groups in total. The number of hydrogen-bond acceptors (Lipinski definition) is 3. The predicted octanol–water partition coefficient (Wildman–Crippen LogP) is 3.15. The van der Waals surface area contributed by atoms with E-state index in [0.29, 0.717) is 21.5 Å². The smallest absolute Gasteiger partial charge is 0.263 e. The van der Waals surface area contributed by atoms with Crippen molar-refractivity contribution in [1.29, 1.82) is 0 Å². The van der Waals surface area contributed by atoms with Gasteiger partial charge in [0, 0.05) is 11.2 Å². The zero-order valence-electron chi connectivity index (χ0n) is 10.4. The number of nitrogens with two attached hydrogens (primary N) is 1. The van der Waals surface area contributed by atoms with Crippen LogP contribution in [0.5, 0.6) is 0 Å². The number of hydrogen-bond donors (Lipinski definition) is 2. The number of carbonyl (C=O) groups excluding carboxylic acids is 1. The summed E-state index contributed by atoms with van der Waals surface area (Å²) < 4.78 is 14.4. The molecule has 2 aromatic rings. The Morgan fingerprint density at radius 3 is 2.95 bits per heavy atom. The summed E-state index contributed by atoms with van der Waals surface area (Å²) in [5.41, 5.74) is 6.15. The molecule has 100 valence electrons. The number of nitrogens with one attached hydrogen (secondary N) is 1. The third-order valence-electron chi connectivity index (χ3n) is 3.44. The van der Waals surface area contributed by atoms with Crippen LogP contribution < -0.4 is 11.1 Å². The Balaban J connectivity index is 1.81. The van der Waals surface area contributed by atoms with E-state index >= 15 is 0 Å². The highest BCUT2D eigenvalue weighted by molar-refractivity contribution is 7.21. The topological polar surface area (TPSA) is 55.1 Å². The van der Waals surface area contributed by atoms with Gasteiger partial charge in [-0.25, -0.2) is 4.39 Å². The second-order valence-electron chi connectivity index (χ2n) is 4.95. The minimum absolute atomic E-state index is 0.196. The van der Waals surface area contributed by atoms with Crippen LogP contribution in [-0.2, 0) is 0 Å². The third-order valence-corrected chi connectivity index (χ3v) is 4.61. The molecule has 1 amide bonds. The van der Waals surface area contributed by atoms with Gasteiger partial charge in [0.15, 0.2) is 0 Å². The van der Waals surface area contributed by atoms with Gasteiger partial charge in [0.1, 0.15) is 10.7 Å². The number of nitrogen functional groups attached to an aromatic ring is 1. The molecule has 0 radical (unpaired) electrons. The van der Waals surface area contributed by atoms with Crippen molar-refractivity contribution in [3.8, 4) is 0 Å². The number of fused-ring (bicyclic) bond motifs is 1. The summed E-state index contributed by atoms with van der Waals surface area (Å²) in [7, 11) is 0. The first-order valence-electron chi connectivity index (χ1n) is 6.41. The van der Waals surface area contributed by atoms with Crippen LogP contribution in [0.1, 0.15) is 28.9 Å². The van der Waals surface area contributed by atoms with Gasteiger partial charge >= 0.3 is 0 Å². The van der Waals surface area contributed by atoms with Crippen LogP contribution in [0.2, 0.25) is 0 Å². The molecule has 1 heterocycles. The number of anilines is 1. The van der Waals surface area contributed by atoms with Crippen molar-refractivity contribution >= 4 is 33.0 Å². The summed E-state index contributed by atoms with van der Waals surface area (Å²) in [5.74, 6) is 0.208. The Morgan fingerprint density at radius 1 is 1.47 bits per heavy atom. The summed E-state index contributed by atoms with van der Waals surface area (Å²) in [6, 6.07) is 4.77. The SMILES string of the molecule is Nc1c(C(=O)NCCC2CC2)sc2cccc(F)c12. The Kier molecular flexibility index (Phi) is 3.14. The van der Waals surface area contributed by atoms with Crippen molar-refractivity contribution in [1.82, 2.24) is 5.32 Å². The monoisotopic (exact) mass is 278 g/mol. The summed E-state index contributed by atoms with van der Waals surface area (Å²) in [4.78, 5) is 12.5. The highest BCUT2D eigenvalue weighted by Crippen LogP contribution is 2.35. The van der Waals surface area contributed by atoms with Gasteiger partial charge in [-0.15, -0.1) is 11.3 Å². The zero-order chi connectivity index (χ0) is 13.4. The number of benzene rings is 1. The molecule has 19 heavy (non-hydrogen) atoms. The Labute approximate surface area is 114 Å². The second kappa shape index (κ2) is 4.81. The van der Waals surface area contributed by atoms with Crippen molar-refractivity contribution in [2.45, 2.75) is 19.3 Å². The lowest BCUT2D eigenvalue weighted by Crippen LogP contribution is -2.24. The van der Waals surface area contributed by atoms with Gasteiger partial charge in [0.25, 0.3) is 5.91 Å². The lowest BCUT2D eigenvalue weighted by molar-refractivity contribution is 0.0957. The largest absolute Gasteiger partial charge is 0.397 e. The molecule has 0 saturated heterocycles. The van der Waals surface area contributed by atoms with Crippen LogP contribution in [0.3, 0.4) is 0 Å². The van der Waals surface area contributed by atoms with Crippen LogP contribution in [0.25, 0.3) is 10.1 Å². The quantitative estimate of drug-likeness (QED) is 0.902. The molecule has 1 aromatic heterocycles. The zero-order valence-corrected chi connectivity index (χ0v) is 11.2. The van der Waals surface area contributed by atoms with E-state index in [4.69, 9.17) is 5.73 Å². The fraction of sp³-hybridized carbons (Fsp3) is 0.357. The highest BCUT2D eigenvalue weighted by Gasteiger charge is 2.22. The van der Waals surface area contributed by atoms with E-state index < -0.39 is 0 Å². The maximum absolute atomic E-state index is 13.7. The summed E-state index contributed by atoms with van der Waals surface area (Å²) in [6.07, 6.45) is 3.56. The first kappa shape index (κ1) is 12.4. The Hall–Kier alpha value is -1.62. The molecule has 0 spiro atoms. The molecular weight excluding hydrogens is 263 g/mol. The number of carbonyl (C=O) groups is 1. The van der Waals surface area contributed by atoms with E-state index in [1.54, 1.807) is 12.1 Å². The second-order valence-corrected chi connectivity index (χ2v) is 6.00. The number of thiophene rings is 1. The van der Waals surface area contributed by atoms with Gasteiger partial charge < -0.3 is 11.1 Å². The fourth-order valence-corrected chi connectivity index (χ4v) is 3.23. The maximum Gasteiger partial charge on any atom is 0.263 e. The van der Waals surface area contributed by atoms with E-state index in [2.05, 4.69) is 5.32 Å². The van der Waals surface area contributed by atoms with Crippen molar-refractivity contribution in [3.63, 3.8) is 0 Å². The van der Waals surface area contributed by atoms with Crippen LogP contribution >= 0.6 is 11.3 Å². The molecule has 1 saturated carbocycles. The average Bonchev–Trinajstić information content (AvgIpc) is 3.13. The average molecular weight is 278 g/mol. The molecule has 0 unspecified atom stereocenters. The molecule has 3 rings (SSSR count). The first-order chi connectivity index (χ1) is 9.16. The molecule has 1 aromatic carbocycles. The van der Waals surface area contributed by atoms with Crippen molar-refractivity contribution in [3.05, 3.63) is 28.9 Å². The standard InChI is InChI=1S/C14H15FN2OS/c15-9-2-1-3-10-11(9)12(16)13(19-10)14(18)17-7-6-8-4-5-8/h1-3,8H,4-7,16H2,(H,17,18). The Bertz CT molecular complexity index is 634. The lowest BCUT2D eigenvalue weighted by atomic mass is 10.2. The van der Waals surface area contributed by atoms with E-state index in [1.807, 2.05) is 0 Å². The highest BCUT2D eigenvalue weighted by atomic mass is 32.1. The van der Waals surface area contributed by atoms with Crippen LogP contribution in [0.4, 0.5) is 10.1 Å². The van der Waals surface area contributed by atoms with Crippen LogP contribution in [-0.4, -0.2) is 12.5 Å². The Morgan fingerprint density at radius 2 is 2.26 bits per heavy atom. The third kappa shape index (κ3) is 2.42. The first-order valence-corrected chi connectivity index (χ1v) is 7.23. The summed E-state index contributed by atoms with van der Waals surface area (Å²) >= 11 is 1.24. The molecule has 1 fully saturated rings. The number of halogens is 1. The van der Waals surface area contributed by atoms with Gasteiger partial charge in [-0.05, 0) is 24.5 Å². The van der Waals surface area contributed by atoms with Crippen molar-refractivity contribution in [2.75, 3.05) is 12.3 Å². The van der Waals surface area contributed by atoms with Crippen LogP contribution in [0.15, 0.2) is 18.2 Å². The molecule has 3 nitrogen and oxygen atoms in total. The molecule has 1 aliphatic rings. The van der Waals surface area contributed by atoms with Gasteiger partial charge in [-0.2, -0.15) is 0 Å². The normalized spacial score (nSPS) is 14.8. The minimum Gasteiger partial charge on any atom is -0.397 e. The van der Waals surface area contributed by atoms with Crippen molar-refractivity contribution < 1.29 is 9.18 Å². The van der Waals surface area contributed by atoms with E-state index in [1.165, 1.54) is 30.2 Å². The summed E-state index contributed by atoms with van der Waals surface area (Å²) in [5, 5.41) is 3.22. The van der Waals surface area contributed by atoms with Gasteiger partial charge in [0.2, 0.25) is 0 Å². The number of amides is 1. The molecule has 0 aliphatic heterocycles. The lowest BCUT2D eigenvalue weighted by Gasteiger charge is -2.03. The van der Waals surface area contributed by atoms with E-state index in [0.717, 1.165) is 12.3 Å². The molecule has 5 heteroatoms. The van der Waals surface area contributed by atoms with E-state index in [9.17, 15) is 9.18 Å². The molecule has 1 aliphatic carbocycles. The van der Waals surface area contributed by atoms with E-state index in [-0.39, 0.29) is 17.4 Å². The predicted molar refractivity (Wildman–Crippen MR) is 75.9 cm³/mol. The maximum atomic E-state index is 13.7. The van der Waals surface area contributed by atoms with Gasteiger partial charge in [0.05, 0.1) is 11.1 Å². The summed E-state index contributed by atoms with van der Waals surface area (Å²) in [6.45, 7) is 0.666. The number of rotatable bonds is 4.